The van der Waals surface area contributed by atoms with E-state index in [-0.39, 0.29) is 12.0 Å². The molecule has 0 unspecified atom stereocenters. The molecule has 6 nitrogen and oxygen atoms in total. The first-order valence-corrected chi connectivity index (χ1v) is 9.98. The largest absolute Gasteiger partial charge is 0.487 e. The number of carboxylic acids is 1. The molecule has 1 N–H and O–H groups in total. The zero-order valence-electron chi connectivity index (χ0n) is 16.7. The van der Waals surface area contributed by atoms with Crippen molar-refractivity contribution in [1.82, 2.24) is 14.8 Å². The van der Waals surface area contributed by atoms with Gasteiger partial charge in [0.05, 0.1) is 17.8 Å². The second-order valence-corrected chi connectivity index (χ2v) is 7.77. The molecule has 29 heavy (non-hydrogen) atoms. The minimum Gasteiger partial charge on any atom is -0.487 e. The Labute approximate surface area is 170 Å². The number of rotatable bonds is 6. The average molecular weight is 391 g/mol. The highest BCUT2D eigenvalue weighted by Gasteiger charge is 2.31. The molecule has 0 fully saturated rings. The number of ether oxygens (including phenoxy) is 1. The summed E-state index contributed by atoms with van der Waals surface area (Å²) in [7, 11) is 0. The number of aliphatic carboxylic acids is 1. The molecule has 1 aliphatic carbocycles. The number of fused-ring (bicyclic) bond motifs is 1. The van der Waals surface area contributed by atoms with Crippen molar-refractivity contribution in [1.29, 1.82) is 0 Å². The van der Waals surface area contributed by atoms with Crippen molar-refractivity contribution in [2.24, 2.45) is 5.92 Å². The lowest BCUT2D eigenvalue weighted by Crippen LogP contribution is -2.24. The van der Waals surface area contributed by atoms with Gasteiger partial charge in [-0.05, 0) is 38.3 Å². The molecule has 0 amide bonds. The van der Waals surface area contributed by atoms with Gasteiger partial charge in [0.2, 0.25) is 0 Å². The first-order chi connectivity index (χ1) is 14.0. The standard InChI is InChI=1S/C23H25N3O3/c1-15(2)26-21-11-17(23(27)28)8-9-20(21)22(25-26)18-10-19(13-24-12-18)29-14-16-6-4-3-5-7-16/h3-7,10,12-13,15,17H,8-9,11,14H2,1-2H3,(H,27,28)/t17-/m1/s1. The third-order valence-corrected chi connectivity index (χ3v) is 5.37. The van der Waals surface area contributed by atoms with Crippen LogP contribution in [0.25, 0.3) is 11.3 Å². The van der Waals surface area contributed by atoms with E-state index in [2.05, 4.69) is 18.8 Å². The van der Waals surface area contributed by atoms with Crippen LogP contribution in [0.4, 0.5) is 0 Å². The SMILES string of the molecule is CC(C)n1nc(-c2cncc(OCc3ccccc3)c2)c2c1C[C@H](C(=O)O)CC2. The summed E-state index contributed by atoms with van der Waals surface area (Å²) in [6, 6.07) is 12.1. The fraction of sp³-hybridized carbons (Fsp3) is 0.348. The predicted molar refractivity (Wildman–Crippen MR) is 110 cm³/mol. The molecule has 150 valence electrons. The molecule has 1 atom stereocenters. The third kappa shape index (κ3) is 4.01. The van der Waals surface area contributed by atoms with Crippen molar-refractivity contribution in [3.8, 4) is 17.0 Å². The summed E-state index contributed by atoms with van der Waals surface area (Å²) in [5, 5.41) is 14.3. The Balaban J connectivity index is 1.63. The molecule has 0 aliphatic heterocycles. The molecule has 0 bridgehead atoms. The topological polar surface area (TPSA) is 77.2 Å². The number of benzene rings is 1. The van der Waals surface area contributed by atoms with Crippen LogP contribution in [0, 0.1) is 5.92 Å². The smallest absolute Gasteiger partial charge is 0.306 e. The average Bonchev–Trinajstić information content (AvgIpc) is 3.12. The Morgan fingerprint density at radius 1 is 1.28 bits per heavy atom. The van der Waals surface area contributed by atoms with Crippen molar-refractivity contribution in [3.05, 3.63) is 65.6 Å². The van der Waals surface area contributed by atoms with E-state index in [4.69, 9.17) is 9.84 Å². The number of hydrogen-bond acceptors (Lipinski definition) is 4. The Morgan fingerprint density at radius 3 is 2.79 bits per heavy atom. The second kappa shape index (κ2) is 8.07. The van der Waals surface area contributed by atoms with Crippen LogP contribution in [-0.4, -0.2) is 25.8 Å². The quantitative estimate of drug-likeness (QED) is 0.678. The van der Waals surface area contributed by atoms with Crippen molar-refractivity contribution in [2.75, 3.05) is 0 Å². The zero-order chi connectivity index (χ0) is 20.4. The van der Waals surface area contributed by atoms with Crippen LogP contribution in [0.3, 0.4) is 0 Å². The lowest BCUT2D eigenvalue weighted by molar-refractivity contribution is -0.142. The maximum absolute atomic E-state index is 11.5. The number of carbonyl (C=O) groups is 1. The molecule has 0 saturated carbocycles. The molecule has 0 spiro atoms. The van der Waals surface area contributed by atoms with Crippen molar-refractivity contribution in [2.45, 2.75) is 45.8 Å². The fourth-order valence-corrected chi connectivity index (χ4v) is 3.87. The van der Waals surface area contributed by atoms with Gasteiger partial charge in [0, 0.05) is 35.5 Å². The molecule has 0 saturated heterocycles. The van der Waals surface area contributed by atoms with E-state index < -0.39 is 5.97 Å². The number of hydrogen-bond donors (Lipinski definition) is 1. The lowest BCUT2D eigenvalue weighted by atomic mass is 9.86. The van der Waals surface area contributed by atoms with E-state index in [0.717, 1.165) is 28.1 Å². The molecule has 2 aromatic heterocycles. The summed E-state index contributed by atoms with van der Waals surface area (Å²) in [5.41, 5.74) is 5.05. The van der Waals surface area contributed by atoms with E-state index in [1.54, 1.807) is 12.4 Å². The van der Waals surface area contributed by atoms with Gasteiger partial charge in [-0.2, -0.15) is 5.10 Å². The Kier molecular flexibility index (Phi) is 5.34. The maximum Gasteiger partial charge on any atom is 0.306 e. The minimum atomic E-state index is -0.730. The van der Waals surface area contributed by atoms with Crippen molar-refractivity contribution >= 4 is 5.97 Å². The van der Waals surface area contributed by atoms with Crippen LogP contribution < -0.4 is 4.74 Å². The zero-order valence-corrected chi connectivity index (χ0v) is 16.7. The molecule has 1 aliphatic rings. The molecule has 4 rings (SSSR count). The Hall–Kier alpha value is -3.15. The summed E-state index contributed by atoms with van der Waals surface area (Å²) in [5.74, 6) is -0.381. The van der Waals surface area contributed by atoms with Gasteiger partial charge in [-0.25, -0.2) is 0 Å². The number of carboxylic acid groups (broad SMARTS) is 1. The molecule has 6 heteroatoms. The van der Waals surface area contributed by atoms with Crippen LogP contribution in [0.15, 0.2) is 48.8 Å². The second-order valence-electron chi connectivity index (χ2n) is 7.77. The van der Waals surface area contributed by atoms with Crippen LogP contribution in [0.1, 0.15) is 43.1 Å². The van der Waals surface area contributed by atoms with Gasteiger partial charge in [0.1, 0.15) is 12.4 Å². The van der Waals surface area contributed by atoms with E-state index in [1.807, 2.05) is 41.1 Å². The van der Waals surface area contributed by atoms with E-state index in [1.165, 1.54) is 0 Å². The van der Waals surface area contributed by atoms with Gasteiger partial charge < -0.3 is 9.84 Å². The maximum atomic E-state index is 11.5. The summed E-state index contributed by atoms with van der Waals surface area (Å²) in [6.07, 6.45) is 5.37. The normalized spacial score (nSPS) is 15.9. The van der Waals surface area contributed by atoms with E-state index in [0.29, 0.717) is 31.6 Å². The highest BCUT2D eigenvalue weighted by atomic mass is 16.5. The van der Waals surface area contributed by atoms with Crippen molar-refractivity contribution < 1.29 is 14.6 Å². The Bertz CT molecular complexity index is 1010. The molecular weight excluding hydrogens is 366 g/mol. The minimum absolute atomic E-state index is 0.163. The van der Waals surface area contributed by atoms with Crippen LogP contribution in [-0.2, 0) is 24.2 Å². The molecular formula is C23H25N3O3. The van der Waals surface area contributed by atoms with Crippen LogP contribution >= 0.6 is 0 Å². The highest BCUT2D eigenvalue weighted by Crippen LogP contribution is 2.35. The molecule has 2 heterocycles. The third-order valence-electron chi connectivity index (χ3n) is 5.37. The van der Waals surface area contributed by atoms with E-state index in [9.17, 15) is 9.90 Å². The van der Waals surface area contributed by atoms with Gasteiger partial charge in [-0.3, -0.25) is 14.5 Å². The lowest BCUT2D eigenvalue weighted by Gasteiger charge is -2.21. The number of aromatic nitrogens is 3. The molecule has 3 aromatic rings. The van der Waals surface area contributed by atoms with E-state index >= 15 is 0 Å². The molecule has 1 aromatic carbocycles. The summed E-state index contributed by atoms with van der Waals surface area (Å²) in [6.45, 7) is 4.61. The Morgan fingerprint density at radius 2 is 2.07 bits per heavy atom. The summed E-state index contributed by atoms with van der Waals surface area (Å²) < 4.78 is 7.90. The predicted octanol–water partition coefficient (Wildman–Crippen LogP) is 4.29. The highest BCUT2D eigenvalue weighted by molar-refractivity contribution is 5.72. The number of nitrogens with zero attached hydrogens (tertiary/aromatic N) is 3. The van der Waals surface area contributed by atoms with Crippen molar-refractivity contribution in [3.63, 3.8) is 0 Å². The van der Waals surface area contributed by atoms with Gasteiger partial charge in [-0.15, -0.1) is 0 Å². The van der Waals surface area contributed by atoms with Gasteiger partial charge >= 0.3 is 5.97 Å². The van der Waals surface area contributed by atoms with Gasteiger partial charge in [0.15, 0.2) is 0 Å². The van der Waals surface area contributed by atoms with Gasteiger partial charge in [-0.1, -0.05) is 30.3 Å². The van der Waals surface area contributed by atoms with Crippen LogP contribution in [0.2, 0.25) is 0 Å². The summed E-state index contributed by atoms with van der Waals surface area (Å²) >= 11 is 0. The first-order valence-electron chi connectivity index (χ1n) is 9.98. The molecule has 0 radical (unpaired) electrons. The fourth-order valence-electron chi connectivity index (χ4n) is 3.87. The van der Waals surface area contributed by atoms with Crippen LogP contribution in [0.5, 0.6) is 5.75 Å². The van der Waals surface area contributed by atoms with Gasteiger partial charge in [0.25, 0.3) is 0 Å². The first kappa shape index (κ1) is 19.2. The number of pyridine rings is 1. The monoisotopic (exact) mass is 391 g/mol. The summed E-state index contributed by atoms with van der Waals surface area (Å²) in [4.78, 5) is 15.9.